The monoisotopic (exact) mass is 286 g/mol. The van der Waals surface area contributed by atoms with Crippen LogP contribution in [0.5, 0.6) is 0 Å². The molecule has 1 aromatic rings. The first-order chi connectivity index (χ1) is 7.90. The Hall–Kier alpha value is -1.02. The van der Waals surface area contributed by atoms with Gasteiger partial charge in [-0.2, -0.15) is 13.2 Å². The van der Waals surface area contributed by atoms with E-state index in [-0.39, 0.29) is 9.27 Å². The molecule has 9 heteroatoms. The second kappa shape index (κ2) is 5.54. The Bertz CT molecular complexity index is 450. The summed E-state index contributed by atoms with van der Waals surface area (Å²) in [6.45, 7) is 5.26. The zero-order valence-corrected chi connectivity index (χ0v) is 10.4. The Morgan fingerprint density at radius 2 is 2.35 bits per heavy atom. The highest BCUT2D eigenvalue weighted by Gasteiger charge is 2.42. The maximum Gasteiger partial charge on any atom is 0.429 e. The molecule has 1 rings (SSSR count). The van der Waals surface area contributed by atoms with Gasteiger partial charge in [0.2, 0.25) is 15.4 Å². The first-order valence-electron chi connectivity index (χ1n) is 4.59. The van der Waals surface area contributed by atoms with Gasteiger partial charge in [-0.05, 0) is 24.7 Å². The second-order valence-corrected chi connectivity index (χ2v) is 4.41. The van der Waals surface area contributed by atoms with Crippen molar-refractivity contribution in [2.24, 2.45) is 4.99 Å². The molecule has 1 atom stereocenters. The van der Waals surface area contributed by atoms with Crippen molar-refractivity contribution in [3.05, 3.63) is 22.0 Å². The average molecular weight is 287 g/mol. The van der Waals surface area contributed by atoms with Crippen molar-refractivity contribution in [3.8, 4) is 0 Å². The van der Waals surface area contributed by atoms with E-state index in [1.165, 1.54) is 0 Å². The lowest BCUT2D eigenvalue weighted by atomic mass is 10.5. The maximum atomic E-state index is 12.8. The molecule has 4 nitrogen and oxygen atoms in total. The Labute approximate surface area is 104 Å². The topological polar surface area (TPSA) is 42.2 Å². The van der Waals surface area contributed by atoms with Crippen LogP contribution in [-0.4, -0.2) is 22.5 Å². The largest absolute Gasteiger partial charge is 0.429 e. The zero-order chi connectivity index (χ0) is 13.1. The number of nitrogens with one attached hydrogen (secondary N) is 1. The van der Waals surface area contributed by atoms with Crippen LogP contribution in [0.2, 0.25) is 4.47 Å². The summed E-state index contributed by atoms with van der Waals surface area (Å²) in [6.07, 6.45) is -5.59. The van der Waals surface area contributed by atoms with Crippen molar-refractivity contribution in [2.75, 3.05) is 6.54 Å². The number of aromatic nitrogens is 2. The summed E-state index contributed by atoms with van der Waals surface area (Å²) in [5, 5.41) is 5.67. The Morgan fingerprint density at radius 3 is 2.82 bits per heavy atom. The number of hydrogen-bond acceptors (Lipinski definition) is 4. The number of nitrogens with zero attached hydrogens (tertiary/aromatic N) is 3. The summed E-state index contributed by atoms with van der Waals surface area (Å²) in [4.78, 5) is 4.01. The SMILES string of the molecule is C=CNC(n1nc(Cl)sc1=NCC)C(F)(F)F. The quantitative estimate of drug-likeness (QED) is 0.923. The molecule has 0 aliphatic heterocycles. The van der Waals surface area contributed by atoms with Gasteiger partial charge in [-0.15, -0.1) is 5.10 Å². The third kappa shape index (κ3) is 3.47. The predicted octanol–water partition coefficient (Wildman–Crippen LogP) is 2.31. The maximum absolute atomic E-state index is 12.8. The van der Waals surface area contributed by atoms with Crippen molar-refractivity contribution in [2.45, 2.75) is 19.3 Å². The molecule has 0 fully saturated rings. The third-order valence-electron chi connectivity index (χ3n) is 1.68. The zero-order valence-electron chi connectivity index (χ0n) is 8.83. The van der Waals surface area contributed by atoms with E-state index in [2.05, 4.69) is 22.0 Å². The van der Waals surface area contributed by atoms with E-state index in [1.54, 1.807) is 6.92 Å². The molecule has 1 aromatic heterocycles. The molecule has 96 valence electrons. The molecule has 1 unspecified atom stereocenters. The van der Waals surface area contributed by atoms with E-state index in [0.717, 1.165) is 17.5 Å². The van der Waals surface area contributed by atoms with Crippen LogP contribution in [-0.2, 0) is 0 Å². The summed E-state index contributed by atoms with van der Waals surface area (Å²) in [7, 11) is 0. The van der Waals surface area contributed by atoms with Gasteiger partial charge in [-0.1, -0.05) is 17.9 Å². The van der Waals surface area contributed by atoms with Crippen molar-refractivity contribution < 1.29 is 13.2 Å². The standard InChI is InChI=1S/C8H10ClF3N4S/c1-3-13-5(8(10,11)12)16-7(14-4-2)17-6(9)15-16/h3,5,13H,1,4H2,2H3. The average Bonchev–Trinajstić information content (AvgIpc) is 2.54. The Kier molecular flexibility index (Phi) is 4.58. The summed E-state index contributed by atoms with van der Waals surface area (Å²) in [5.74, 6) is 0. The normalized spacial score (nSPS) is 14.8. The van der Waals surface area contributed by atoms with E-state index >= 15 is 0 Å². The summed E-state index contributed by atoms with van der Waals surface area (Å²) < 4.78 is 39.0. The van der Waals surface area contributed by atoms with Gasteiger partial charge in [-0.3, -0.25) is 4.99 Å². The van der Waals surface area contributed by atoms with Crippen molar-refractivity contribution in [3.63, 3.8) is 0 Å². The lowest BCUT2D eigenvalue weighted by Crippen LogP contribution is -2.41. The van der Waals surface area contributed by atoms with Crippen molar-refractivity contribution in [1.82, 2.24) is 15.1 Å². The minimum Gasteiger partial charge on any atom is -0.363 e. The summed E-state index contributed by atoms with van der Waals surface area (Å²) in [5.41, 5.74) is 0. The van der Waals surface area contributed by atoms with Crippen LogP contribution >= 0.6 is 22.9 Å². The Morgan fingerprint density at radius 1 is 1.71 bits per heavy atom. The highest BCUT2D eigenvalue weighted by Crippen LogP contribution is 2.27. The molecular weight excluding hydrogens is 277 g/mol. The number of hydrogen-bond donors (Lipinski definition) is 1. The van der Waals surface area contributed by atoms with E-state index < -0.39 is 12.3 Å². The molecule has 0 aliphatic carbocycles. The van der Waals surface area contributed by atoms with Gasteiger partial charge in [0, 0.05) is 6.54 Å². The van der Waals surface area contributed by atoms with Gasteiger partial charge in [0.15, 0.2) is 0 Å². The fraction of sp³-hybridized carbons (Fsp3) is 0.500. The van der Waals surface area contributed by atoms with Crippen LogP contribution < -0.4 is 10.1 Å². The van der Waals surface area contributed by atoms with Crippen molar-refractivity contribution >= 4 is 22.9 Å². The molecule has 0 radical (unpaired) electrons. The van der Waals surface area contributed by atoms with E-state index in [1.807, 2.05) is 0 Å². The smallest absolute Gasteiger partial charge is 0.363 e. The van der Waals surface area contributed by atoms with Crippen LogP contribution in [0, 0.1) is 0 Å². The first kappa shape index (κ1) is 14.0. The van der Waals surface area contributed by atoms with Gasteiger partial charge in [-0.25, -0.2) is 4.68 Å². The van der Waals surface area contributed by atoms with Crippen LogP contribution in [0.3, 0.4) is 0 Å². The molecule has 0 aromatic carbocycles. The molecule has 1 N–H and O–H groups in total. The Balaban J connectivity index is 3.27. The fourth-order valence-electron chi connectivity index (χ4n) is 1.09. The van der Waals surface area contributed by atoms with Gasteiger partial charge in [0.1, 0.15) is 0 Å². The molecule has 0 aliphatic rings. The lowest BCUT2D eigenvalue weighted by Gasteiger charge is -2.20. The molecule has 0 spiro atoms. The number of rotatable bonds is 4. The molecule has 0 amide bonds. The van der Waals surface area contributed by atoms with Gasteiger partial charge < -0.3 is 5.32 Å². The van der Waals surface area contributed by atoms with Crippen molar-refractivity contribution in [1.29, 1.82) is 0 Å². The minimum absolute atomic E-state index is 0.00249. The highest BCUT2D eigenvalue weighted by atomic mass is 35.5. The molecular formula is C8H10ClF3N4S. The third-order valence-corrected chi connectivity index (χ3v) is 2.74. The van der Waals surface area contributed by atoms with E-state index in [4.69, 9.17) is 11.6 Å². The molecule has 0 saturated heterocycles. The van der Waals surface area contributed by atoms with Crippen LogP contribution in [0.15, 0.2) is 17.8 Å². The van der Waals surface area contributed by atoms with Crippen LogP contribution in [0.25, 0.3) is 0 Å². The van der Waals surface area contributed by atoms with Gasteiger partial charge in [0.05, 0.1) is 0 Å². The molecule has 1 heterocycles. The van der Waals surface area contributed by atoms with Gasteiger partial charge in [0.25, 0.3) is 0 Å². The minimum atomic E-state index is -4.52. The summed E-state index contributed by atoms with van der Waals surface area (Å²) >= 11 is 6.49. The molecule has 0 bridgehead atoms. The fourth-order valence-corrected chi connectivity index (χ4v) is 2.09. The number of alkyl halides is 3. The lowest BCUT2D eigenvalue weighted by molar-refractivity contribution is -0.176. The van der Waals surface area contributed by atoms with Gasteiger partial charge >= 0.3 is 6.18 Å². The summed E-state index contributed by atoms with van der Waals surface area (Å²) in [6, 6.07) is 0. The highest BCUT2D eigenvalue weighted by molar-refractivity contribution is 7.13. The van der Waals surface area contributed by atoms with Crippen LogP contribution in [0.1, 0.15) is 13.1 Å². The molecule has 0 saturated carbocycles. The van der Waals surface area contributed by atoms with E-state index in [9.17, 15) is 13.2 Å². The predicted molar refractivity (Wildman–Crippen MR) is 59.6 cm³/mol. The van der Waals surface area contributed by atoms with E-state index in [0.29, 0.717) is 11.2 Å². The second-order valence-electron chi connectivity index (χ2n) is 2.87. The van der Waals surface area contributed by atoms with Crippen LogP contribution in [0.4, 0.5) is 13.2 Å². The first-order valence-corrected chi connectivity index (χ1v) is 5.79. The number of halogens is 4. The molecule has 17 heavy (non-hydrogen) atoms.